The topological polar surface area (TPSA) is 54.7 Å². The van der Waals surface area contributed by atoms with Gasteiger partial charge in [0.05, 0.1) is 6.04 Å². The Morgan fingerprint density at radius 1 is 0.902 bits per heavy atom. The lowest BCUT2D eigenvalue weighted by Crippen LogP contribution is -2.36. The van der Waals surface area contributed by atoms with Crippen LogP contribution in [0.25, 0.3) is 0 Å². The number of fused-ring (bicyclic) bond motifs is 1. The third-order valence-electron chi connectivity index (χ3n) is 7.45. The summed E-state index contributed by atoms with van der Waals surface area (Å²) in [5.74, 6) is 1.07. The van der Waals surface area contributed by atoms with E-state index in [2.05, 4.69) is 34.5 Å². The van der Waals surface area contributed by atoms with Crippen molar-refractivity contribution < 1.29 is 18.3 Å². The quantitative estimate of drug-likeness (QED) is 0.215. The number of furan rings is 1. The number of nitrogens with zero attached hydrogens (tertiary/aromatic N) is 1. The van der Waals surface area contributed by atoms with Crippen LogP contribution in [0.4, 0.5) is 4.39 Å². The summed E-state index contributed by atoms with van der Waals surface area (Å²) in [6.45, 7) is 1.96. The van der Waals surface area contributed by atoms with Crippen molar-refractivity contribution in [3.05, 3.63) is 160 Å². The molecule has 0 radical (unpaired) electrons. The Morgan fingerprint density at radius 3 is 2.46 bits per heavy atom. The fraction of sp³-hybridized carbons (Fsp3) is 0.171. The van der Waals surface area contributed by atoms with Gasteiger partial charge in [0.15, 0.2) is 5.76 Å². The van der Waals surface area contributed by atoms with Crippen molar-refractivity contribution in [2.45, 2.75) is 32.2 Å². The predicted molar refractivity (Wildman–Crippen MR) is 156 cm³/mol. The van der Waals surface area contributed by atoms with E-state index in [-0.39, 0.29) is 30.1 Å². The van der Waals surface area contributed by atoms with Crippen LogP contribution < -0.4 is 10.1 Å². The maximum atomic E-state index is 14.6. The summed E-state index contributed by atoms with van der Waals surface area (Å²) in [5, 5.41) is 2.88. The minimum atomic E-state index is -0.269. The number of amides is 1. The number of rotatable bonds is 9. The van der Waals surface area contributed by atoms with Gasteiger partial charge in [0.1, 0.15) is 23.9 Å². The molecular weight excluding hydrogens is 515 g/mol. The van der Waals surface area contributed by atoms with E-state index in [1.165, 1.54) is 11.6 Å². The summed E-state index contributed by atoms with van der Waals surface area (Å²) < 4.78 is 26.5. The van der Waals surface area contributed by atoms with Gasteiger partial charge >= 0.3 is 0 Å². The number of ether oxygens (including phenoxy) is 1. The molecular formula is C35H31FN2O3. The first kappa shape index (κ1) is 26.5. The monoisotopic (exact) mass is 546 g/mol. The number of halogens is 1. The third kappa shape index (κ3) is 6.23. The fourth-order valence-electron chi connectivity index (χ4n) is 5.37. The Labute approximate surface area is 239 Å². The smallest absolute Gasteiger partial charge is 0.287 e. The number of carbonyl (C=O) groups excluding carboxylic acids is 1. The van der Waals surface area contributed by atoms with Gasteiger partial charge in [-0.2, -0.15) is 0 Å². The van der Waals surface area contributed by atoms with Crippen LogP contribution in [0.1, 0.15) is 50.2 Å². The summed E-state index contributed by atoms with van der Waals surface area (Å²) >= 11 is 0. The van der Waals surface area contributed by atoms with Crippen molar-refractivity contribution in [1.29, 1.82) is 0 Å². The van der Waals surface area contributed by atoms with Gasteiger partial charge in [0.2, 0.25) is 0 Å². The van der Waals surface area contributed by atoms with E-state index in [4.69, 9.17) is 9.15 Å². The molecule has 0 saturated carbocycles. The zero-order valence-electron chi connectivity index (χ0n) is 22.6. The Balaban J connectivity index is 1.17. The van der Waals surface area contributed by atoms with E-state index in [0.29, 0.717) is 30.2 Å². The molecule has 6 heteroatoms. The summed E-state index contributed by atoms with van der Waals surface area (Å²) in [7, 11) is 0. The SMILES string of the molecule is O=C(NCc1ccccc1)c1ccc(COc2ccc3c(c2)C(c2ccccc2)N(Cc2ccccc2F)CC3)o1. The summed E-state index contributed by atoms with van der Waals surface area (Å²) in [4.78, 5) is 14.9. The molecule has 0 saturated heterocycles. The Kier molecular flexibility index (Phi) is 7.92. The van der Waals surface area contributed by atoms with Crippen molar-refractivity contribution in [3.8, 4) is 5.75 Å². The lowest BCUT2D eigenvalue weighted by molar-refractivity contribution is 0.0919. The molecule has 1 amide bonds. The van der Waals surface area contributed by atoms with Crippen LogP contribution in [0.5, 0.6) is 5.75 Å². The summed E-state index contributed by atoms with van der Waals surface area (Å²) in [5.41, 5.74) is 5.26. The Hall–Kier alpha value is -4.68. The molecule has 1 unspecified atom stereocenters. The number of hydrogen-bond acceptors (Lipinski definition) is 4. The van der Waals surface area contributed by atoms with Gasteiger partial charge in [-0.3, -0.25) is 9.69 Å². The average molecular weight is 547 g/mol. The van der Waals surface area contributed by atoms with Gasteiger partial charge in [-0.05, 0) is 59.0 Å². The maximum Gasteiger partial charge on any atom is 0.287 e. The zero-order valence-corrected chi connectivity index (χ0v) is 22.6. The van der Waals surface area contributed by atoms with Gasteiger partial charge in [0.25, 0.3) is 5.91 Å². The van der Waals surface area contributed by atoms with Crippen LogP contribution in [0.15, 0.2) is 120 Å². The first-order valence-electron chi connectivity index (χ1n) is 13.8. The van der Waals surface area contributed by atoms with Crippen LogP contribution in [0.2, 0.25) is 0 Å². The molecule has 5 aromatic rings. The van der Waals surface area contributed by atoms with E-state index < -0.39 is 0 Å². The molecule has 0 aliphatic carbocycles. The molecule has 6 rings (SSSR count). The number of hydrogen-bond donors (Lipinski definition) is 1. The van der Waals surface area contributed by atoms with Gasteiger partial charge in [-0.15, -0.1) is 0 Å². The van der Waals surface area contributed by atoms with Crippen molar-refractivity contribution in [3.63, 3.8) is 0 Å². The molecule has 0 bridgehead atoms. The van der Waals surface area contributed by atoms with E-state index >= 15 is 0 Å². The van der Waals surface area contributed by atoms with E-state index in [1.807, 2.05) is 66.7 Å². The van der Waals surface area contributed by atoms with Gasteiger partial charge < -0.3 is 14.5 Å². The highest BCUT2D eigenvalue weighted by Gasteiger charge is 2.29. The highest BCUT2D eigenvalue weighted by atomic mass is 19.1. The van der Waals surface area contributed by atoms with E-state index in [0.717, 1.165) is 29.7 Å². The van der Waals surface area contributed by atoms with Crippen LogP contribution >= 0.6 is 0 Å². The maximum absolute atomic E-state index is 14.6. The molecule has 0 fully saturated rings. The second-order valence-electron chi connectivity index (χ2n) is 10.2. The van der Waals surface area contributed by atoms with E-state index in [9.17, 15) is 9.18 Å². The van der Waals surface area contributed by atoms with Crippen molar-refractivity contribution in [2.75, 3.05) is 6.54 Å². The van der Waals surface area contributed by atoms with Crippen LogP contribution in [0, 0.1) is 5.82 Å². The molecule has 0 spiro atoms. The second-order valence-corrected chi connectivity index (χ2v) is 10.2. The molecule has 5 nitrogen and oxygen atoms in total. The molecule has 4 aromatic carbocycles. The lowest BCUT2D eigenvalue weighted by Gasteiger charge is -2.38. The van der Waals surface area contributed by atoms with Crippen LogP contribution in [-0.2, 0) is 26.1 Å². The standard InChI is InChI=1S/C35H31FN2O3/c36-32-14-8-7-13-28(32)23-38-20-19-26-15-16-29(21-31(26)34(38)27-11-5-2-6-12-27)40-24-30-17-18-33(41-30)35(39)37-22-25-9-3-1-4-10-25/h1-18,21,34H,19-20,22-24H2,(H,37,39). The lowest BCUT2D eigenvalue weighted by atomic mass is 9.87. The third-order valence-corrected chi connectivity index (χ3v) is 7.45. The van der Waals surface area contributed by atoms with E-state index in [1.54, 1.807) is 18.2 Å². The van der Waals surface area contributed by atoms with Crippen molar-refractivity contribution in [1.82, 2.24) is 10.2 Å². The minimum absolute atomic E-state index is 0.0355. The molecule has 2 heterocycles. The van der Waals surface area contributed by atoms with Crippen molar-refractivity contribution >= 4 is 5.91 Å². The highest BCUT2D eigenvalue weighted by molar-refractivity contribution is 5.91. The normalized spacial score (nSPS) is 14.8. The molecule has 206 valence electrons. The Morgan fingerprint density at radius 2 is 1.66 bits per heavy atom. The molecule has 1 aliphatic rings. The highest BCUT2D eigenvalue weighted by Crippen LogP contribution is 2.38. The van der Waals surface area contributed by atoms with Gasteiger partial charge in [0, 0.05) is 25.2 Å². The zero-order chi connectivity index (χ0) is 28.0. The molecule has 41 heavy (non-hydrogen) atoms. The predicted octanol–water partition coefficient (Wildman–Crippen LogP) is 7.08. The summed E-state index contributed by atoms with van der Waals surface area (Å²) in [6, 6.07) is 36.6. The van der Waals surface area contributed by atoms with Crippen LogP contribution in [0.3, 0.4) is 0 Å². The molecule has 1 aromatic heterocycles. The first-order chi connectivity index (χ1) is 20.1. The number of benzene rings is 4. The minimum Gasteiger partial charge on any atom is -0.486 e. The Bertz CT molecular complexity index is 1620. The van der Waals surface area contributed by atoms with Gasteiger partial charge in [-0.1, -0.05) is 84.9 Å². The first-order valence-corrected chi connectivity index (χ1v) is 13.8. The average Bonchev–Trinajstić information content (AvgIpc) is 3.50. The molecule has 1 N–H and O–H groups in total. The molecule has 1 atom stereocenters. The number of carbonyl (C=O) groups is 1. The van der Waals surface area contributed by atoms with Gasteiger partial charge in [-0.25, -0.2) is 4.39 Å². The number of nitrogens with one attached hydrogen (secondary N) is 1. The van der Waals surface area contributed by atoms with Crippen molar-refractivity contribution in [2.24, 2.45) is 0 Å². The largest absolute Gasteiger partial charge is 0.486 e. The molecule has 1 aliphatic heterocycles. The second kappa shape index (κ2) is 12.2. The summed E-state index contributed by atoms with van der Waals surface area (Å²) in [6.07, 6.45) is 0.868. The van der Waals surface area contributed by atoms with Crippen LogP contribution in [-0.4, -0.2) is 17.4 Å². The fourth-order valence-corrected chi connectivity index (χ4v) is 5.37.